The van der Waals surface area contributed by atoms with Crippen LogP contribution in [0.5, 0.6) is 0 Å². The summed E-state index contributed by atoms with van der Waals surface area (Å²) in [5, 5.41) is 0. The normalized spacial score (nSPS) is 5.00. The maximum atomic E-state index is 9.08. The second-order valence-corrected chi connectivity index (χ2v) is 1.41. The molecular formula is CHO2Sb. The van der Waals surface area contributed by atoms with Crippen molar-refractivity contribution in [1.82, 2.24) is 0 Å². The summed E-state index contributed by atoms with van der Waals surface area (Å²) < 4.78 is 9.55. The Kier molecular flexibility index (Phi) is 3.53. The van der Waals surface area contributed by atoms with Gasteiger partial charge in [-0.25, -0.2) is 0 Å². The zero-order chi connectivity index (χ0) is 3.41. The summed E-state index contributed by atoms with van der Waals surface area (Å²) >= 11 is -1.58. The molecule has 2 nitrogen and oxygen atoms in total. The summed E-state index contributed by atoms with van der Waals surface area (Å²) in [6.45, 7) is 0. The van der Waals surface area contributed by atoms with Gasteiger partial charge < -0.3 is 0 Å². The summed E-state index contributed by atoms with van der Waals surface area (Å²) in [6.07, 6.45) is 0. The molecule has 0 aromatic rings. The zero-order valence-corrected chi connectivity index (χ0v) is 4.39. The number of hydrogen-bond acceptors (Lipinski definition) is 2. The van der Waals surface area contributed by atoms with Crippen molar-refractivity contribution in [3.8, 4) is 0 Å². The molecule has 0 rings (SSSR count). The first kappa shape index (κ1) is 4.29. The molecule has 0 aliphatic carbocycles. The van der Waals surface area contributed by atoms with E-state index in [1.54, 1.807) is 0 Å². The van der Waals surface area contributed by atoms with E-state index in [9.17, 15) is 0 Å². The molecule has 4 heavy (non-hydrogen) atoms. The fourth-order valence-electron chi connectivity index (χ4n) is 0. The van der Waals surface area contributed by atoms with Crippen molar-refractivity contribution in [1.29, 1.82) is 0 Å². The average molecular weight is 167 g/mol. The number of carbonyl (C=O) groups is 1. The van der Waals surface area contributed by atoms with Gasteiger partial charge in [-0.2, -0.15) is 0 Å². The topological polar surface area (TPSA) is 34.1 Å². The van der Waals surface area contributed by atoms with Gasteiger partial charge in [-0.1, -0.05) is 0 Å². The Balaban J connectivity index is 2.73. The van der Waals surface area contributed by atoms with E-state index >= 15 is 0 Å². The molecule has 0 amide bonds. The minimum atomic E-state index is -1.58. The van der Waals surface area contributed by atoms with Crippen molar-refractivity contribution in [2.24, 2.45) is 0 Å². The fourth-order valence-corrected chi connectivity index (χ4v) is 0. The molecule has 0 bridgehead atoms. The zero-order valence-electron chi connectivity index (χ0n) is 1.84. The van der Waals surface area contributed by atoms with E-state index in [-0.39, 0.29) is 0 Å². The second-order valence-electron chi connectivity index (χ2n) is 0.211. The van der Waals surface area contributed by atoms with Crippen LogP contribution in [0.4, 0.5) is 0 Å². The number of hydrogen-bond donors (Lipinski definition) is 0. The van der Waals surface area contributed by atoms with E-state index < -0.39 is 21.6 Å². The van der Waals surface area contributed by atoms with Gasteiger partial charge in [0.1, 0.15) is 0 Å². The predicted molar refractivity (Wildman–Crippen MR) is 13.2 cm³/mol. The average Bonchev–Trinajstić information content (AvgIpc) is 1.37. The second kappa shape index (κ2) is 3.29. The molecule has 3 heteroatoms. The van der Waals surface area contributed by atoms with E-state index in [2.05, 4.69) is 0 Å². The van der Waals surface area contributed by atoms with E-state index in [1.165, 1.54) is 0 Å². The summed E-state index contributed by atoms with van der Waals surface area (Å²) in [7, 11) is 0. The molecule has 0 aromatic heterocycles. The molecule has 0 heterocycles. The van der Waals surface area contributed by atoms with Crippen molar-refractivity contribution in [2.75, 3.05) is 0 Å². The van der Waals surface area contributed by atoms with Crippen molar-refractivity contribution in [3.05, 3.63) is 0 Å². The molecule has 0 aromatic carbocycles. The van der Waals surface area contributed by atoms with Crippen molar-refractivity contribution in [2.45, 2.75) is 0 Å². The van der Waals surface area contributed by atoms with Gasteiger partial charge in [0.25, 0.3) is 0 Å². The SMILES string of the molecule is O=[CH][Sb]=[O]. The van der Waals surface area contributed by atoms with E-state index in [0.717, 1.165) is 0 Å². The van der Waals surface area contributed by atoms with Gasteiger partial charge in [-0.15, -0.1) is 0 Å². The Labute approximate surface area is 34.1 Å². The van der Waals surface area contributed by atoms with Gasteiger partial charge in [-0.3, -0.25) is 0 Å². The third-order valence-corrected chi connectivity index (χ3v) is 0.289. The fraction of sp³-hybridized carbons (Fsp3) is 0. The van der Waals surface area contributed by atoms with Crippen LogP contribution in [0.25, 0.3) is 0 Å². The molecular weight excluding hydrogens is 166 g/mol. The molecule has 0 radical (unpaired) electrons. The van der Waals surface area contributed by atoms with Crippen LogP contribution >= 0.6 is 0 Å². The predicted octanol–water partition coefficient (Wildman–Crippen LogP) is -0.774. The van der Waals surface area contributed by atoms with Gasteiger partial charge in [0.15, 0.2) is 0 Å². The quantitative estimate of drug-likeness (QED) is 0.379. The van der Waals surface area contributed by atoms with Crippen LogP contribution in [0.1, 0.15) is 0 Å². The Bertz CT molecular complexity index is 27.0. The van der Waals surface area contributed by atoms with Gasteiger partial charge in [0.2, 0.25) is 0 Å². The molecule has 0 N–H and O–H groups in total. The molecule has 0 atom stereocenters. The summed E-state index contributed by atoms with van der Waals surface area (Å²) in [4.78, 5) is 8.93. The third-order valence-electron chi connectivity index (χ3n) is 0.0430. The van der Waals surface area contributed by atoms with Crippen LogP contribution in [-0.4, -0.2) is 25.8 Å². The van der Waals surface area contributed by atoms with E-state index in [0.29, 0.717) is 4.23 Å². The maximum absolute atomic E-state index is 9.08. The Morgan fingerprint density at radius 2 is 2.00 bits per heavy atom. The Morgan fingerprint density at radius 3 is 2.00 bits per heavy atom. The summed E-state index contributed by atoms with van der Waals surface area (Å²) in [5.41, 5.74) is 0. The number of carbonyl (C=O) groups excluding carboxylic acids is 1. The standard InChI is InChI=1S/CHO.O.Sb/c1-2;;/h1H;;. The number of rotatable bonds is 1. The first-order chi connectivity index (χ1) is 1.91. The van der Waals surface area contributed by atoms with Gasteiger partial charge >= 0.3 is 33.7 Å². The van der Waals surface area contributed by atoms with Crippen molar-refractivity contribution < 1.29 is 7.81 Å². The molecule has 22 valence electrons. The molecule has 0 fully saturated rings. The van der Waals surface area contributed by atoms with Crippen molar-refractivity contribution >= 4 is 25.8 Å². The van der Waals surface area contributed by atoms with Crippen LogP contribution in [0.3, 0.4) is 0 Å². The van der Waals surface area contributed by atoms with Crippen LogP contribution in [-0.2, 0) is 7.81 Å². The molecule has 0 spiro atoms. The molecule has 0 unspecified atom stereocenters. The summed E-state index contributed by atoms with van der Waals surface area (Å²) in [6, 6.07) is 0. The molecule has 0 saturated carbocycles. The first-order valence-corrected chi connectivity index (χ1v) is 3.19. The van der Waals surface area contributed by atoms with Crippen LogP contribution < -0.4 is 0 Å². The van der Waals surface area contributed by atoms with E-state index in [4.69, 9.17) is 7.81 Å². The van der Waals surface area contributed by atoms with Gasteiger partial charge in [-0.05, 0) is 0 Å². The monoisotopic (exact) mass is 166 g/mol. The van der Waals surface area contributed by atoms with Gasteiger partial charge in [0.05, 0.1) is 0 Å². The molecule has 0 saturated heterocycles. The van der Waals surface area contributed by atoms with Crippen molar-refractivity contribution in [3.63, 3.8) is 0 Å². The Hall–Kier alpha value is 0.288. The molecule has 0 aliphatic heterocycles. The third kappa shape index (κ3) is 2.29. The minimum absolute atomic E-state index is 0.469. The summed E-state index contributed by atoms with van der Waals surface area (Å²) in [5.74, 6) is 0. The molecule has 0 aliphatic rings. The Morgan fingerprint density at radius 1 is 1.75 bits per heavy atom. The van der Waals surface area contributed by atoms with Gasteiger partial charge in [0, 0.05) is 0 Å². The van der Waals surface area contributed by atoms with E-state index in [1.807, 2.05) is 0 Å². The first-order valence-electron chi connectivity index (χ1n) is 0.676. The van der Waals surface area contributed by atoms with Crippen LogP contribution in [0, 0.1) is 0 Å². The van der Waals surface area contributed by atoms with Crippen LogP contribution in [0.15, 0.2) is 0 Å². The van der Waals surface area contributed by atoms with Crippen LogP contribution in [0.2, 0.25) is 0 Å².